The number of benzene rings is 1. The van der Waals surface area contributed by atoms with E-state index in [0.29, 0.717) is 0 Å². The predicted molar refractivity (Wildman–Crippen MR) is 75.1 cm³/mol. The molecule has 1 aromatic rings. The van der Waals surface area contributed by atoms with Crippen LogP contribution in [0.5, 0.6) is 0 Å². The molecular weight excluding hydrogens is 240 g/mol. The molecule has 0 bridgehead atoms. The second-order valence-electron chi connectivity index (χ2n) is 6.00. The number of Topliss-reactive ketones (excluding diaryl/α,β-unsaturated/α-hetero) is 1. The Balaban J connectivity index is 2.68. The van der Waals surface area contributed by atoms with Crippen molar-refractivity contribution in [2.75, 3.05) is 0 Å². The molecule has 0 unspecified atom stereocenters. The monoisotopic (exact) mass is 262 g/mol. The first-order valence-corrected chi connectivity index (χ1v) is 6.53. The molecule has 104 valence electrons. The molecular formula is C16H22O3. The van der Waals surface area contributed by atoms with Gasteiger partial charge < -0.3 is 4.74 Å². The fourth-order valence-corrected chi connectivity index (χ4v) is 1.66. The smallest absolute Gasteiger partial charge is 0.375 e. The zero-order chi connectivity index (χ0) is 14.6. The van der Waals surface area contributed by atoms with E-state index in [0.717, 1.165) is 5.56 Å². The van der Waals surface area contributed by atoms with E-state index in [4.69, 9.17) is 4.74 Å². The molecule has 0 aliphatic heterocycles. The Morgan fingerprint density at radius 3 is 2.05 bits per heavy atom. The molecule has 0 radical (unpaired) electrons. The third-order valence-corrected chi connectivity index (χ3v) is 2.76. The standard InChI is InChI=1S/C16H22O3/c1-11(2)19-15(18)14(17)10-12-6-8-13(9-7-12)16(3,4)5/h6-9,11H,10H2,1-5H3. The van der Waals surface area contributed by atoms with Gasteiger partial charge in [-0.25, -0.2) is 4.79 Å². The van der Waals surface area contributed by atoms with Gasteiger partial charge in [-0.3, -0.25) is 4.79 Å². The number of esters is 1. The van der Waals surface area contributed by atoms with Crippen LogP contribution in [0.15, 0.2) is 24.3 Å². The SMILES string of the molecule is CC(C)OC(=O)C(=O)Cc1ccc(C(C)(C)C)cc1. The molecule has 3 heteroatoms. The van der Waals surface area contributed by atoms with Crippen molar-refractivity contribution in [1.82, 2.24) is 0 Å². The van der Waals surface area contributed by atoms with Crippen LogP contribution in [0.25, 0.3) is 0 Å². The van der Waals surface area contributed by atoms with Crippen molar-refractivity contribution in [3.63, 3.8) is 0 Å². The third-order valence-electron chi connectivity index (χ3n) is 2.76. The van der Waals surface area contributed by atoms with Gasteiger partial charge in [0.1, 0.15) is 0 Å². The van der Waals surface area contributed by atoms with E-state index < -0.39 is 11.8 Å². The van der Waals surface area contributed by atoms with Crippen molar-refractivity contribution in [3.05, 3.63) is 35.4 Å². The first kappa shape index (κ1) is 15.4. The van der Waals surface area contributed by atoms with Gasteiger partial charge in [-0.2, -0.15) is 0 Å². The van der Waals surface area contributed by atoms with Crippen molar-refractivity contribution in [2.45, 2.75) is 52.6 Å². The van der Waals surface area contributed by atoms with Crippen LogP contribution < -0.4 is 0 Å². The van der Waals surface area contributed by atoms with Crippen molar-refractivity contribution >= 4 is 11.8 Å². The molecule has 0 aliphatic carbocycles. The lowest BCUT2D eigenvalue weighted by molar-refractivity contribution is -0.156. The molecule has 0 amide bonds. The lowest BCUT2D eigenvalue weighted by atomic mass is 9.86. The highest BCUT2D eigenvalue weighted by Gasteiger charge is 2.18. The summed E-state index contributed by atoms with van der Waals surface area (Å²) in [6.45, 7) is 9.85. The number of hydrogen-bond acceptors (Lipinski definition) is 3. The van der Waals surface area contributed by atoms with Crippen LogP contribution in [0, 0.1) is 0 Å². The number of hydrogen-bond donors (Lipinski definition) is 0. The zero-order valence-electron chi connectivity index (χ0n) is 12.3. The number of ketones is 1. The molecule has 0 spiro atoms. The van der Waals surface area contributed by atoms with Gasteiger partial charge >= 0.3 is 5.97 Å². The van der Waals surface area contributed by atoms with Crippen LogP contribution in [0.1, 0.15) is 45.7 Å². The molecule has 1 rings (SSSR count). The summed E-state index contributed by atoms with van der Waals surface area (Å²) < 4.78 is 4.87. The highest BCUT2D eigenvalue weighted by atomic mass is 16.5. The molecule has 1 aromatic carbocycles. The second-order valence-corrected chi connectivity index (χ2v) is 6.00. The van der Waals surface area contributed by atoms with Crippen LogP contribution in [0.2, 0.25) is 0 Å². The van der Waals surface area contributed by atoms with Crippen LogP contribution in [0.3, 0.4) is 0 Å². The summed E-state index contributed by atoms with van der Waals surface area (Å²) in [4.78, 5) is 23.1. The van der Waals surface area contributed by atoms with E-state index in [-0.39, 0.29) is 17.9 Å². The number of rotatable bonds is 4. The molecule has 3 nitrogen and oxygen atoms in total. The molecule has 0 heterocycles. The molecule has 0 saturated carbocycles. The maximum atomic E-state index is 11.7. The summed E-state index contributed by atoms with van der Waals surface area (Å²) in [6, 6.07) is 7.77. The molecule has 0 atom stereocenters. The quantitative estimate of drug-likeness (QED) is 0.618. The lowest BCUT2D eigenvalue weighted by Crippen LogP contribution is -2.22. The van der Waals surface area contributed by atoms with Gasteiger partial charge in [0.15, 0.2) is 0 Å². The van der Waals surface area contributed by atoms with E-state index in [9.17, 15) is 9.59 Å². The average molecular weight is 262 g/mol. The summed E-state index contributed by atoms with van der Waals surface area (Å²) in [5.74, 6) is -1.26. The van der Waals surface area contributed by atoms with E-state index in [1.54, 1.807) is 13.8 Å². The van der Waals surface area contributed by atoms with Crippen LogP contribution >= 0.6 is 0 Å². The average Bonchev–Trinajstić information content (AvgIpc) is 2.27. The first-order chi connectivity index (χ1) is 8.70. The van der Waals surface area contributed by atoms with Crippen LogP contribution in [-0.4, -0.2) is 17.9 Å². The molecule has 0 aliphatic rings. The normalized spacial score (nSPS) is 11.5. The zero-order valence-corrected chi connectivity index (χ0v) is 12.3. The maximum Gasteiger partial charge on any atom is 0.375 e. The van der Waals surface area contributed by atoms with Gasteiger partial charge in [-0.1, -0.05) is 45.0 Å². The number of ether oxygens (including phenoxy) is 1. The fourth-order valence-electron chi connectivity index (χ4n) is 1.66. The number of carbonyl (C=O) groups is 2. The van der Waals surface area contributed by atoms with Crippen LogP contribution in [-0.2, 0) is 26.2 Å². The lowest BCUT2D eigenvalue weighted by Gasteiger charge is -2.19. The van der Waals surface area contributed by atoms with Gasteiger partial charge in [-0.05, 0) is 30.4 Å². The second kappa shape index (κ2) is 6.00. The minimum atomic E-state index is -0.755. The molecule has 19 heavy (non-hydrogen) atoms. The van der Waals surface area contributed by atoms with Gasteiger partial charge in [0.05, 0.1) is 6.10 Å². The highest BCUT2D eigenvalue weighted by molar-refractivity contribution is 6.34. The molecule has 0 aromatic heterocycles. The fraction of sp³-hybridized carbons (Fsp3) is 0.500. The van der Waals surface area contributed by atoms with Gasteiger partial charge in [0, 0.05) is 6.42 Å². The molecule has 0 N–H and O–H groups in total. The van der Waals surface area contributed by atoms with E-state index in [1.807, 2.05) is 24.3 Å². The largest absolute Gasteiger partial charge is 0.457 e. The van der Waals surface area contributed by atoms with Crippen molar-refractivity contribution < 1.29 is 14.3 Å². The molecule has 0 saturated heterocycles. The van der Waals surface area contributed by atoms with Gasteiger partial charge in [0.2, 0.25) is 5.78 Å². The minimum Gasteiger partial charge on any atom is -0.457 e. The maximum absolute atomic E-state index is 11.7. The van der Waals surface area contributed by atoms with E-state index in [1.165, 1.54) is 5.56 Å². The van der Waals surface area contributed by atoms with Gasteiger partial charge in [-0.15, -0.1) is 0 Å². The Labute approximate surface area is 115 Å². The Bertz CT molecular complexity index is 450. The topological polar surface area (TPSA) is 43.4 Å². The van der Waals surface area contributed by atoms with Crippen molar-refractivity contribution in [2.24, 2.45) is 0 Å². The predicted octanol–water partition coefficient (Wildman–Crippen LogP) is 3.05. The summed E-state index contributed by atoms with van der Waals surface area (Å²) in [5, 5.41) is 0. The number of carbonyl (C=O) groups excluding carboxylic acids is 2. The Morgan fingerprint density at radius 1 is 1.11 bits per heavy atom. The van der Waals surface area contributed by atoms with E-state index >= 15 is 0 Å². The van der Waals surface area contributed by atoms with Crippen molar-refractivity contribution in [1.29, 1.82) is 0 Å². The van der Waals surface area contributed by atoms with Crippen LogP contribution in [0.4, 0.5) is 0 Å². The highest BCUT2D eigenvalue weighted by Crippen LogP contribution is 2.22. The summed E-state index contributed by atoms with van der Waals surface area (Å²) in [5.41, 5.74) is 2.12. The minimum absolute atomic E-state index is 0.0825. The molecule has 0 fully saturated rings. The third kappa shape index (κ3) is 4.86. The first-order valence-electron chi connectivity index (χ1n) is 6.53. The Morgan fingerprint density at radius 2 is 1.63 bits per heavy atom. The van der Waals surface area contributed by atoms with Crippen molar-refractivity contribution in [3.8, 4) is 0 Å². The van der Waals surface area contributed by atoms with Gasteiger partial charge in [0.25, 0.3) is 0 Å². The summed E-state index contributed by atoms with van der Waals surface area (Å²) in [6.07, 6.45) is -0.171. The summed E-state index contributed by atoms with van der Waals surface area (Å²) in [7, 11) is 0. The van der Waals surface area contributed by atoms with E-state index in [2.05, 4.69) is 20.8 Å². The summed E-state index contributed by atoms with van der Waals surface area (Å²) >= 11 is 0. The Kier molecular flexibility index (Phi) is 4.87. The Hall–Kier alpha value is -1.64.